The molecule has 4 bridgehead atoms. The Balaban J connectivity index is 0.982. The monoisotopic (exact) mass is 952 g/mol. The molecular formula is C37H38F10N4O10S2. The van der Waals surface area contributed by atoms with Gasteiger partial charge >= 0.3 is 54.9 Å². The lowest BCUT2D eigenvalue weighted by Gasteiger charge is -2.24. The second-order valence-corrected chi connectivity index (χ2v) is 18.7. The number of oxime groups is 2. The van der Waals surface area contributed by atoms with Gasteiger partial charge < -0.3 is 20.1 Å². The summed E-state index contributed by atoms with van der Waals surface area (Å²) < 4.78 is 208. The van der Waals surface area contributed by atoms with Crippen LogP contribution in [0.2, 0.25) is 0 Å². The van der Waals surface area contributed by atoms with Crippen molar-refractivity contribution in [3.63, 3.8) is 0 Å². The molecule has 0 aromatic heterocycles. The lowest BCUT2D eigenvalue weighted by atomic mass is 9.95. The van der Waals surface area contributed by atoms with Crippen LogP contribution in [0.15, 0.2) is 58.8 Å². The Hall–Kier alpha value is -4.88. The molecule has 4 aliphatic rings. The van der Waals surface area contributed by atoms with Gasteiger partial charge in [-0.05, 0) is 111 Å². The highest BCUT2D eigenvalue weighted by molar-refractivity contribution is 7.88. The molecule has 6 unspecified atom stereocenters. The maximum atomic E-state index is 14.6. The zero-order valence-electron chi connectivity index (χ0n) is 32.4. The molecule has 0 aliphatic heterocycles. The van der Waals surface area contributed by atoms with Crippen LogP contribution in [0.5, 0.6) is 11.5 Å². The summed E-state index contributed by atoms with van der Waals surface area (Å²) >= 11 is 0. The zero-order valence-corrected chi connectivity index (χ0v) is 34.1. The quantitative estimate of drug-likeness (QED) is 0.0718. The van der Waals surface area contributed by atoms with Crippen LogP contribution in [0.3, 0.4) is 0 Å². The largest absolute Gasteiger partial charge is 0.493 e. The molecule has 2 N–H and O–H groups in total. The molecule has 0 radical (unpaired) electrons. The Morgan fingerprint density at radius 3 is 1.19 bits per heavy atom. The van der Waals surface area contributed by atoms with Gasteiger partial charge in [-0.15, -0.1) is 0 Å². The zero-order chi connectivity index (χ0) is 46.2. The minimum absolute atomic E-state index is 0.0378. The third-order valence-corrected chi connectivity index (χ3v) is 13.5. The van der Waals surface area contributed by atoms with Gasteiger partial charge in [-0.3, -0.25) is 18.2 Å². The molecule has 2 amide bonds. The molecule has 4 aliphatic carbocycles. The van der Waals surface area contributed by atoms with E-state index in [-0.39, 0.29) is 54.8 Å². The Kier molecular flexibility index (Phi) is 13.6. The van der Waals surface area contributed by atoms with Gasteiger partial charge in [0.2, 0.25) is 0 Å². The van der Waals surface area contributed by atoms with Crippen LogP contribution in [0.4, 0.5) is 43.9 Å². The molecule has 63 heavy (non-hydrogen) atoms. The van der Waals surface area contributed by atoms with Gasteiger partial charge in [0.1, 0.15) is 11.5 Å². The first-order valence-electron chi connectivity index (χ1n) is 19.3. The van der Waals surface area contributed by atoms with Crippen LogP contribution >= 0.6 is 0 Å². The van der Waals surface area contributed by atoms with Crippen LogP contribution in [0.1, 0.15) is 68.9 Å². The van der Waals surface area contributed by atoms with Gasteiger partial charge in [-0.25, -0.2) is 0 Å². The van der Waals surface area contributed by atoms with E-state index in [0.29, 0.717) is 38.5 Å². The Morgan fingerprint density at radius 1 is 0.556 bits per heavy atom. The summed E-state index contributed by atoms with van der Waals surface area (Å²) in [5.74, 6) is -4.44. The average Bonchev–Trinajstić information content (AvgIpc) is 4.02. The summed E-state index contributed by atoms with van der Waals surface area (Å²) in [7, 11) is -12.7. The van der Waals surface area contributed by atoms with Crippen molar-refractivity contribution < 1.29 is 88.4 Å². The molecule has 2 aromatic rings. The molecule has 348 valence electrons. The maximum Gasteiger partial charge on any atom is 0.459 e. The van der Waals surface area contributed by atoms with Gasteiger partial charge in [-0.1, -0.05) is 23.2 Å². The maximum absolute atomic E-state index is 14.6. The number of fused-ring (bicyclic) bond motifs is 4. The van der Waals surface area contributed by atoms with Crippen molar-refractivity contribution in [3.05, 3.63) is 59.7 Å². The Labute approximate surface area is 352 Å². The highest BCUT2D eigenvalue weighted by Gasteiger charge is 2.58. The predicted octanol–water partition coefficient (Wildman–Crippen LogP) is 6.56. The van der Waals surface area contributed by atoms with Gasteiger partial charge in [-0.2, -0.15) is 60.7 Å². The van der Waals surface area contributed by atoms with E-state index in [1.165, 1.54) is 0 Å². The summed E-state index contributed by atoms with van der Waals surface area (Å²) in [4.78, 5) is 24.4. The summed E-state index contributed by atoms with van der Waals surface area (Å²) in [6, 6.07) is 5.59. The second-order valence-electron chi connectivity index (χ2n) is 15.6. The number of benzene rings is 2. The Bertz CT molecular complexity index is 2130. The Morgan fingerprint density at radius 2 is 0.905 bits per heavy atom. The summed E-state index contributed by atoms with van der Waals surface area (Å²) in [5, 5.41) is -1.76. The third-order valence-electron chi connectivity index (χ3n) is 11.3. The van der Waals surface area contributed by atoms with E-state index in [2.05, 4.69) is 18.9 Å². The molecule has 6 atom stereocenters. The first-order valence-corrected chi connectivity index (χ1v) is 22.1. The number of alkyl halides is 10. The topological polar surface area (TPSA) is 188 Å². The van der Waals surface area contributed by atoms with Crippen molar-refractivity contribution in [1.29, 1.82) is 0 Å². The van der Waals surface area contributed by atoms with Crippen LogP contribution in [0, 0.1) is 23.7 Å². The molecule has 26 heteroatoms. The molecule has 2 aromatic carbocycles. The van der Waals surface area contributed by atoms with Crippen LogP contribution in [-0.4, -0.2) is 88.2 Å². The molecule has 0 saturated heterocycles. The van der Waals surface area contributed by atoms with Crippen LogP contribution in [0.25, 0.3) is 0 Å². The number of hydrogen-bond donors (Lipinski definition) is 2. The van der Waals surface area contributed by atoms with Gasteiger partial charge in [0.25, 0.3) is 0 Å². The minimum atomic E-state index is -6.33. The standard InChI is InChI=1S/C37H38F10N4O10S2/c38-34(39,40)30(50-60-62(54,55)36(44,45)32(52)48-28-18-20-2-4-24(28)16-20)22-6-10-26(11-7-22)58-14-1-15-59-27-12-8-23(9-13-27)31(35(41,42)43)51-61-63(56,57)37(46,47)33(53)49-29-19-21-3-5-25(29)17-21/h6-13,20-21,24-25,28-29H,1-5,14-19H2,(H,48,52)(H,49,53). The van der Waals surface area contributed by atoms with Crippen molar-refractivity contribution in [2.75, 3.05) is 13.2 Å². The fraction of sp³-hybridized carbons (Fsp3) is 0.568. The molecular weight excluding hydrogens is 915 g/mol. The summed E-state index contributed by atoms with van der Waals surface area (Å²) in [5.41, 5.74) is -5.72. The lowest BCUT2D eigenvalue weighted by molar-refractivity contribution is -0.138. The first kappa shape index (κ1) is 47.6. The highest BCUT2D eigenvalue weighted by atomic mass is 32.2. The highest BCUT2D eigenvalue weighted by Crippen LogP contribution is 2.46. The number of carbonyl (C=O) groups is 2. The smallest absolute Gasteiger partial charge is 0.459 e. The van der Waals surface area contributed by atoms with Gasteiger partial charge in [0, 0.05) is 29.6 Å². The van der Waals surface area contributed by atoms with Crippen LogP contribution in [-0.2, 0) is 38.4 Å². The summed E-state index contributed by atoms with van der Waals surface area (Å²) in [6.07, 6.45) is -5.73. The lowest BCUT2D eigenvalue weighted by Crippen LogP contribution is -2.51. The van der Waals surface area contributed by atoms with Crippen molar-refractivity contribution in [2.45, 2.75) is 92.7 Å². The normalized spacial score (nSPS) is 24.3. The summed E-state index contributed by atoms with van der Waals surface area (Å²) in [6.45, 7) is -0.307. The van der Waals surface area contributed by atoms with E-state index < -0.39 is 89.5 Å². The number of carbonyl (C=O) groups excluding carboxylic acids is 2. The number of nitrogens with one attached hydrogen (secondary N) is 2. The number of rotatable bonds is 18. The molecule has 6 rings (SSSR count). The van der Waals surface area contributed by atoms with E-state index in [1.807, 2.05) is 10.6 Å². The van der Waals surface area contributed by atoms with E-state index >= 15 is 0 Å². The number of hydrogen-bond acceptors (Lipinski definition) is 12. The van der Waals surface area contributed by atoms with Crippen molar-refractivity contribution >= 4 is 43.5 Å². The fourth-order valence-electron chi connectivity index (χ4n) is 8.23. The van der Waals surface area contributed by atoms with Gasteiger partial charge in [0.15, 0.2) is 11.4 Å². The fourth-order valence-corrected chi connectivity index (χ4v) is 9.34. The molecule has 4 saturated carbocycles. The second kappa shape index (κ2) is 17.9. The third kappa shape index (κ3) is 10.7. The predicted molar refractivity (Wildman–Crippen MR) is 198 cm³/mol. The van der Waals surface area contributed by atoms with E-state index in [9.17, 15) is 70.3 Å². The van der Waals surface area contributed by atoms with Crippen molar-refractivity contribution in [3.8, 4) is 11.5 Å². The SMILES string of the molecule is O=C(NC1CC2CCC1C2)C(F)(F)S(=O)(=O)ON=C(c1ccc(OCCCOc2ccc(C(=NOS(=O)(=O)C(F)(F)C(=O)NC3CC4CCC3C4)C(F)(F)F)cc2)cc1)C(F)(F)F. The molecule has 14 nitrogen and oxygen atoms in total. The van der Waals surface area contributed by atoms with Gasteiger partial charge in [0.05, 0.1) is 13.2 Å². The molecule has 4 fully saturated rings. The molecule has 0 spiro atoms. The number of halogens is 10. The number of ether oxygens (including phenoxy) is 2. The number of amides is 2. The van der Waals surface area contributed by atoms with E-state index in [0.717, 1.165) is 61.4 Å². The van der Waals surface area contributed by atoms with Crippen LogP contribution < -0.4 is 20.1 Å². The van der Waals surface area contributed by atoms with Crippen molar-refractivity contribution in [2.24, 2.45) is 34.0 Å². The molecule has 0 heterocycles. The first-order chi connectivity index (χ1) is 29.3. The number of nitrogens with zero attached hydrogens (tertiary/aromatic N) is 2. The van der Waals surface area contributed by atoms with E-state index in [1.54, 1.807) is 0 Å². The average molecular weight is 953 g/mol. The van der Waals surface area contributed by atoms with E-state index in [4.69, 9.17) is 9.47 Å². The van der Waals surface area contributed by atoms with Crippen molar-refractivity contribution in [1.82, 2.24) is 10.6 Å². The minimum Gasteiger partial charge on any atom is -0.493 e.